The van der Waals surface area contributed by atoms with Crippen LogP contribution in [0.5, 0.6) is 0 Å². The number of nitrogens with zero attached hydrogens (tertiary/aromatic N) is 3. The van der Waals surface area contributed by atoms with E-state index in [4.69, 9.17) is 0 Å². The van der Waals surface area contributed by atoms with Crippen molar-refractivity contribution in [1.29, 1.82) is 0 Å². The molecule has 18 heavy (non-hydrogen) atoms. The molecule has 0 aromatic carbocycles. The molecule has 6 heteroatoms. The van der Waals surface area contributed by atoms with Gasteiger partial charge in [-0.15, -0.1) is 0 Å². The Morgan fingerprint density at radius 2 is 2.17 bits per heavy atom. The van der Waals surface area contributed by atoms with E-state index in [0.717, 1.165) is 11.4 Å². The molecular weight excluding hydrogens is 230 g/mol. The first-order chi connectivity index (χ1) is 8.60. The van der Waals surface area contributed by atoms with Crippen LogP contribution in [0.15, 0.2) is 24.5 Å². The third-order valence-electron chi connectivity index (χ3n) is 2.55. The number of aromatic nitrogens is 3. The number of aryl methyl sites for hydroxylation is 2. The van der Waals surface area contributed by atoms with Crippen LogP contribution >= 0.6 is 0 Å². The highest BCUT2D eigenvalue weighted by Gasteiger charge is 2.10. The molecule has 6 nitrogen and oxygen atoms in total. The number of rotatable bonds is 3. The molecule has 0 spiro atoms. The van der Waals surface area contributed by atoms with Gasteiger partial charge in [0.2, 0.25) is 0 Å². The maximum Gasteiger partial charge on any atom is 0.274 e. The summed E-state index contributed by atoms with van der Waals surface area (Å²) in [7, 11) is 3.61. The van der Waals surface area contributed by atoms with Gasteiger partial charge in [0.25, 0.3) is 5.91 Å². The zero-order valence-corrected chi connectivity index (χ0v) is 10.6. The minimum absolute atomic E-state index is 0.242. The highest BCUT2D eigenvalue weighted by molar-refractivity contribution is 6.03. The molecule has 0 bridgehead atoms. The zero-order valence-electron chi connectivity index (χ0n) is 10.6. The van der Waals surface area contributed by atoms with E-state index in [1.165, 1.54) is 0 Å². The molecule has 2 aromatic heterocycles. The molecule has 2 rings (SSSR count). The van der Waals surface area contributed by atoms with Gasteiger partial charge in [-0.05, 0) is 19.1 Å². The maximum absolute atomic E-state index is 11.9. The topological polar surface area (TPSA) is 71.8 Å². The molecule has 94 valence electrons. The van der Waals surface area contributed by atoms with Crippen molar-refractivity contribution in [2.75, 3.05) is 17.7 Å². The summed E-state index contributed by atoms with van der Waals surface area (Å²) in [6.45, 7) is 1.84. The summed E-state index contributed by atoms with van der Waals surface area (Å²) in [6, 6.07) is 3.48. The SMILES string of the molecule is CNc1ccc(C(=O)Nc2cn(C)nc2C)nc1. The lowest BCUT2D eigenvalue weighted by atomic mass is 10.3. The Morgan fingerprint density at radius 1 is 1.39 bits per heavy atom. The van der Waals surface area contributed by atoms with Crippen LogP contribution in [0.1, 0.15) is 16.2 Å². The van der Waals surface area contributed by atoms with Gasteiger partial charge in [0, 0.05) is 20.3 Å². The van der Waals surface area contributed by atoms with Gasteiger partial charge >= 0.3 is 0 Å². The molecule has 0 fully saturated rings. The third-order valence-corrected chi connectivity index (χ3v) is 2.55. The van der Waals surface area contributed by atoms with Gasteiger partial charge in [0.1, 0.15) is 5.69 Å². The summed E-state index contributed by atoms with van der Waals surface area (Å²) in [6.07, 6.45) is 3.38. The number of hydrogen-bond donors (Lipinski definition) is 2. The van der Waals surface area contributed by atoms with Crippen molar-refractivity contribution >= 4 is 17.3 Å². The monoisotopic (exact) mass is 245 g/mol. The van der Waals surface area contributed by atoms with Crippen molar-refractivity contribution < 1.29 is 4.79 Å². The summed E-state index contributed by atoms with van der Waals surface area (Å²) < 4.78 is 1.66. The molecule has 0 unspecified atom stereocenters. The molecule has 0 aliphatic carbocycles. The van der Waals surface area contributed by atoms with Crippen molar-refractivity contribution in [3.8, 4) is 0 Å². The van der Waals surface area contributed by atoms with Gasteiger partial charge in [-0.3, -0.25) is 9.48 Å². The van der Waals surface area contributed by atoms with E-state index < -0.39 is 0 Å². The van der Waals surface area contributed by atoms with E-state index in [1.807, 2.05) is 14.0 Å². The summed E-state index contributed by atoms with van der Waals surface area (Å²) in [5.41, 5.74) is 2.71. The van der Waals surface area contributed by atoms with Crippen molar-refractivity contribution in [2.24, 2.45) is 7.05 Å². The summed E-state index contributed by atoms with van der Waals surface area (Å²) >= 11 is 0. The average Bonchev–Trinajstić information content (AvgIpc) is 2.68. The van der Waals surface area contributed by atoms with Crippen molar-refractivity contribution in [2.45, 2.75) is 6.92 Å². The summed E-state index contributed by atoms with van der Waals surface area (Å²) in [5.74, 6) is -0.242. The third kappa shape index (κ3) is 2.48. The predicted octanol–water partition coefficient (Wildman–Crippen LogP) is 1.42. The Hall–Kier alpha value is -2.37. The van der Waals surface area contributed by atoms with Crippen LogP contribution in [-0.4, -0.2) is 27.7 Å². The minimum Gasteiger partial charge on any atom is -0.387 e. The fourth-order valence-corrected chi connectivity index (χ4v) is 1.58. The summed E-state index contributed by atoms with van der Waals surface area (Å²) in [4.78, 5) is 16.0. The van der Waals surface area contributed by atoms with Gasteiger partial charge in [-0.1, -0.05) is 0 Å². The number of pyridine rings is 1. The first-order valence-electron chi connectivity index (χ1n) is 5.55. The van der Waals surface area contributed by atoms with Crippen LogP contribution in [0.4, 0.5) is 11.4 Å². The Kier molecular flexibility index (Phi) is 3.27. The molecule has 0 saturated carbocycles. The highest BCUT2D eigenvalue weighted by Crippen LogP contribution is 2.13. The zero-order chi connectivity index (χ0) is 13.1. The fraction of sp³-hybridized carbons (Fsp3) is 0.250. The molecule has 0 aliphatic heterocycles. The second-order valence-corrected chi connectivity index (χ2v) is 3.94. The molecule has 1 amide bonds. The molecule has 0 saturated heterocycles. The fourth-order valence-electron chi connectivity index (χ4n) is 1.58. The molecule has 0 aliphatic rings. The van der Waals surface area contributed by atoms with Crippen LogP contribution < -0.4 is 10.6 Å². The second-order valence-electron chi connectivity index (χ2n) is 3.94. The molecule has 2 N–H and O–H groups in total. The van der Waals surface area contributed by atoms with E-state index in [-0.39, 0.29) is 5.91 Å². The van der Waals surface area contributed by atoms with Crippen LogP contribution in [0.25, 0.3) is 0 Å². The summed E-state index contributed by atoms with van der Waals surface area (Å²) in [5, 5.41) is 9.88. The van der Waals surface area contributed by atoms with Gasteiger partial charge < -0.3 is 10.6 Å². The number of nitrogens with one attached hydrogen (secondary N) is 2. The normalized spacial score (nSPS) is 10.2. The predicted molar refractivity (Wildman–Crippen MR) is 69.7 cm³/mol. The van der Waals surface area contributed by atoms with Gasteiger partial charge in [0.05, 0.1) is 23.3 Å². The molecular formula is C12H15N5O. The Balaban J connectivity index is 2.14. The van der Waals surface area contributed by atoms with E-state index >= 15 is 0 Å². The van der Waals surface area contributed by atoms with E-state index in [0.29, 0.717) is 11.4 Å². The van der Waals surface area contributed by atoms with Gasteiger partial charge in [0.15, 0.2) is 0 Å². The van der Waals surface area contributed by atoms with Gasteiger partial charge in [-0.2, -0.15) is 5.10 Å². The Morgan fingerprint density at radius 3 is 2.67 bits per heavy atom. The highest BCUT2D eigenvalue weighted by atomic mass is 16.1. The van der Waals surface area contributed by atoms with Crippen molar-refractivity contribution in [1.82, 2.24) is 14.8 Å². The second kappa shape index (κ2) is 4.87. The Labute approximate surface area is 105 Å². The lowest BCUT2D eigenvalue weighted by Crippen LogP contribution is -2.13. The molecule has 0 radical (unpaired) electrons. The largest absolute Gasteiger partial charge is 0.387 e. The van der Waals surface area contributed by atoms with E-state index in [2.05, 4.69) is 20.7 Å². The standard InChI is InChI=1S/C12H15N5O/c1-8-11(7-17(3)16-8)15-12(18)10-5-4-9(13-2)6-14-10/h4-7,13H,1-3H3,(H,15,18). The number of anilines is 2. The number of hydrogen-bond acceptors (Lipinski definition) is 4. The van der Waals surface area contributed by atoms with Crippen LogP contribution in [-0.2, 0) is 7.05 Å². The minimum atomic E-state index is -0.242. The van der Waals surface area contributed by atoms with E-state index in [1.54, 1.807) is 36.3 Å². The Bertz CT molecular complexity index is 558. The first kappa shape index (κ1) is 12.1. The maximum atomic E-state index is 11.9. The van der Waals surface area contributed by atoms with Crippen molar-refractivity contribution in [3.05, 3.63) is 35.9 Å². The van der Waals surface area contributed by atoms with Crippen LogP contribution in [0, 0.1) is 6.92 Å². The quantitative estimate of drug-likeness (QED) is 0.857. The first-order valence-corrected chi connectivity index (χ1v) is 5.55. The number of carbonyl (C=O) groups is 1. The smallest absolute Gasteiger partial charge is 0.274 e. The number of carbonyl (C=O) groups excluding carboxylic acids is 1. The lowest BCUT2D eigenvalue weighted by molar-refractivity contribution is 0.102. The molecule has 0 atom stereocenters. The van der Waals surface area contributed by atoms with Gasteiger partial charge in [-0.25, -0.2) is 4.98 Å². The average molecular weight is 245 g/mol. The molecule has 2 aromatic rings. The van der Waals surface area contributed by atoms with Crippen molar-refractivity contribution in [3.63, 3.8) is 0 Å². The molecule has 2 heterocycles. The van der Waals surface area contributed by atoms with Crippen LogP contribution in [0.3, 0.4) is 0 Å². The van der Waals surface area contributed by atoms with E-state index in [9.17, 15) is 4.79 Å². The van der Waals surface area contributed by atoms with Crippen LogP contribution in [0.2, 0.25) is 0 Å². The number of amides is 1. The lowest BCUT2D eigenvalue weighted by Gasteiger charge is -2.04.